The lowest BCUT2D eigenvalue weighted by Crippen LogP contribution is -2.36. The molecule has 8 nitrogen and oxygen atoms in total. The van der Waals surface area contributed by atoms with Gasteiger partial charge in [-0.05, 0) is 32.0 Å². The van der Waals surface area contributed by atoms with Crippen LogP contribution in [0.3, 0.4) is 0 Å². The number of nitrogens with zero attached hydrogens (tertiary/aromatic N) is 3. The second kappa shape index (κ2) is 27.3. The standard InChI is InChI=1S/C15H17F6N5O2S.C5H8.C3H6FN.2C2H6/c1-2-26(8-23-29-24-9-27)4-3-22-13(28)25-12-6-10(14(16,17)18)5-11(7-12)15(19,20)21;1-4-5(2)3;1-3(4)5-2;2*1-2/h5-9H,2-4H2,1H3,(H,24,27)(H2,22,25,28);4H,1-2H2,3H3;1-2H3;2*1-2H3/b23-8+;;;;. The number of benzene rings is 1. The molecule has 0 heterocycles. The Morgan fingerprint density at radius 1 is 1.02 bits per heavy atom. The Balaban J connectivity index is -0.000000454. The van der Waals surface area contributed by atoms with Crippen molar-refractivity contribution in [1.29, 1.82) is 0 Å². The molecule has 0 fully saturated rings. The smallest absolute Gasteiger partial charge is 0.361 e. The minimum atomic E-state index is -5.01. The van der Waals surface area contributed by atoms with Crippen LogP contribution in [0.4, 0.5) is 41.2 Å². The predicted molar refractivity (Wildman–Crippen MR) is 164 cm³/mol. The number of aliphatic imine (C=N–C) groups is 1. The number of carbonyl (C=O) groups is 2. The summed E-state index contributed by atoms with van der Waals surface area (Å²) in [5.74, 6) is -0.370. The van der Waals surface area contributed by atoms with Gasteiger partial charge in [-0.15, -0.1) is 0 Å². The van der Waals surface area contributed by atoms with Crippen LogP contribution in [-0.2, 0) is 17.1 Å². The highest BCUT2D eigenvalue weighted by atomic mass is 32.2. The second-order valence-corrected chi connectivity index (χ2v) is 7.75. The molecular weight excluding hydrogens is 605 g/mol. The number of rotatable bonds is 10. The van der Waals surface area contributed by atoms with Gasteiger partial charge in [-0.1, -0.05) is 52.5 Å². The molecule has 0 atom stereocenters. The summed E-state index contributed by atoms with van der Waals surface area (Å²) in [5, 5.41) is 4.28. The Kier molecular flexibility index (Phi) is 29.4. The van der Waals surface area contributed by atoms with E-state index in [0.29, 0.717) is 25.1 Å². The molecule has 0 radical (unpaired) electrons. The van der Waals surface area contributed by atoms with Crippen LogP contribution in [0, 0.1) is 0 Å². The number of anilines is 1. The number of hydrogen-bond acceptors (Lipinski definition) is 5. The van der Waals surface area contributed by atoms with Gasteiger partial charge in [0.15, 0.2) is 5.97 Å². The van der Waals surface area contributed by atoms with Gasteiger partial charge in [0.2, 0.25) is 6.41 Å². The van der Waals surface area contributed by atoms with E-state index in [-0.39, 0.29) is 25.1 Å². The average molecular weight is 649 g/mol. The Hall–Kier alpha value is -3.56. The van der Waals surface area contributed by atoms with Crippen molar-refractivity contribution >= 4 is 42.6 Å². The van der Waals surface area contributed by atoms with Gasteiger partial charge < -0.3 is 15.5 Å². The van der Waals surface area contributed by atoms with E-state index < -0.39 is 35.2 Å². The van der Waals surface area contributed by atoms with Crippen LogP contribution in [0.2, 0.25) is 0 Å². The van der Waals surface area contributed by atoms with E-state index in [9.17, 15) is 40.3 Å². The first-order valence-electron chi connectivity index (χ1n) is 12.9. The van der Waals surface area contributed by atoms with Crippen molar-refractivity contribution < 1.29 is 40.3 Å². The minimum absolute atomic E-state index is 0.0287. The number of likely N-dealkylation sites (N-methyl/N-ethyl adjacent to an activating group) is 1. The van der Waals surface area contributed by atoms with E-state index in [1.807, 2.05) is 39.9 Å². The largest absolute Gasteiger partial charge is 0.416 e. The van der Waals surface area contributed by atoms with Gasteiger partial charge in [0, 0.05) is 39.3 Å². The molecule has 0 aliphatic rings. The van der Waals surface area contributed by atoms with E-state index in [1.165, 1.54) is 20.3 Å². The number of hydrogen-bond donors (Lipinski definition) is 3. The summed E-state index contributed by atoms with van der Waals surface area (Å²) in [6.45, 7) is 20.8. The zero-order chi connectivity index (χ0) is 34.6. The van der Waals surface area contributed by atoms with Crippen molar-refractivity contribution in [1.82, 2.24) is 14.9 Å². The average Bonchev–Trinajstić information content (AvgIpc) is 2.96. The van der Waals surface area contributed by atoms with Crippen molar-refractivity contribution in [2.24, 2.45) is 9.39 Å². The number of halogens is 7. The Bertz CT molecular complexity index is 949. The summed E-state index contributed by atoms with van der Waals surface area (Å²) >= 11 is 0.771. The summed E-state index contributed by atoms with van der Waals surface area (Å²) in [5.41, 5.74) is -2.69. The van der Waals surface area contributed by atoms with E-state index in [0.717, 1.165) is 17.7 Å². The highest BCUT2D eigenvalue weighted by molar-refractivity contribution is 7.96. The molecule has 1 aromatic rings. The third-order valence-corrected chi connectivity index (χ3v) is 4.36. The lowest BCUT2D eigenvalue weighted by molar-refractivity contribution is -0.143. The van der Waals surface area contributed by atoms with E-state index in [2.05, 4.69) is 32.6 Å². The molecule has 248 valence electrons. The fourth-order valence-corrected chi connectivity index (χ4v) is 2.24. The molecule has 0 saturated heterocycles. The van der Waals surface area contributed by atoms with Crippen molar-refractivity contribution in [2.75, 3.05) is 32.0 Å². The van der Waals surface area contributed by atoms with Crippen LogP contribution in [0.1, 0.15) is 59.6 Å². The molecule has 0 unspecified atom stereocenters. The Morgan fingerprint density at radius 3 is 1.79 bits per heavy atom. The van der Waals surface area contributed by atoms with Gasteiger partial charge in [-0.2, -0.15) is 35.1 Å². The third kappa shape index (κ3) is 28.3. The number of alkyl halides is 6. The van der Waals surface area contributed by atoms with Gasteiger partial charge in [0.1, 0.15) is 6.34 Å². The summed E-state index contributed by atoms with van der Waals surface area (Å²) in [4.78, 5) is 26.7. The molecular formula is C27H43F7N6O2S. The van der Waals surface area contributed by atoms with E-state index in [1.54, 1.807) is 17.9 Å². The fraction of sp³-hybridized carbons (Fsp3) is 0.481. The molecule has 0 spiro atoms. The van der Waals surface area contributed by atoms with Crippen LogP contribution >= 0.6 is 12.1 Å². The quantitative estimate of drug-likeness (QED) is 0.0452. The van der Waals surface area contributed by atoms with Crippen molar-refractivity contribution in [3.63, 3.8) is 0 Å². The van der Waals surface area contributed by atoms with Crippen LogP contribution in [0.15, 0.2) is 52.4 Å². The molecule has 0 saturated carbocycles. The van der Waals surface area contributed by atoms with Gasteiger partial charge in [0.05, 0.1) is 23.3 Å². The normalized spacial score (nSPS) is 10.5. The SMILES string of the molecule is C=CC(=C)C.CC.CC.CCN(/C=N/SNC=O)CCNC(=O)Nc1cc(C(F)(F)F)cc(C(F)(F)F)c1.CN=C(C)F. The summed E-state index contributed by atoms with van der Waals surface area (Å²) in [6, 6.07) is -0.171. The second-order valence-electron chi connectivity index (χ2n) is 7.12. The van der Waals surface area contributed by atoms with E-state index in [4.69, 9.17) is 0 Å². The van der Waals surface area contributed by atoms with E-state index >= 15 is 0 Å². The first-order chi connectivity index (χ1) is 20.0. The van der Waals surface area contributed by atoms with Crippen LogP contribution in [0.25, 0.3) is 0 Å². The van der Waals surface area contributed by atoms with Gasteiger partial charge in [0.25, 0.3) is 0 Å². The number of nitrogens with one attached hydrogen (secondary N) is 3. The minimum Gasteiger partial charge on any atom is -0.361 e. The molecule has 0 aliphatic heterocycles. The number of carbonyl (C=O) groups excluding carboxylic acids is 2. The highest BCUT2D eigenvalue weighted by Crippen LogP contribution is 2.37. The third-order valence-electron chi connectivity index (χ3n) is 3.96. The summed E-state index contributed by atoms with van der Waals surface area (Å²) in [6.07, 6.45) is -6.47. The maximum Gasteiger partial charge on any atom is 0.416 e. The lowest BCUT2D eigenvalue weighted by Gasteiger charge is -2.18. The van der Waals surface area contributed by atoms with Crippen molar-refractivity contribution in [3.05, 3.63) is 54.1 Å². The zero-order valence-corrected chi connectivity index (χ0v) is 26.5. The van der Waals surface area contributed by atoms with Gasteiger partial charge in [-0.25, -0.2) is 4.79 Å². The van der Waals surface area contributed by atoms with Crippen LogP contribution < -0.4 is 15.4 Å². The molecule has 1 rings (SSSR count). The highest BCUT2D eigenvalue weighted by Gasteiger charge is 2.37. The first-order valence-corrected chi connectivity index (χ1v) is 13.6. The molecule has 0 bridgehead atoms. The number of allylic oxidation sites excluding steroid dienone is 2. The summed E-state index contributed by atoms with van der Waals surface area (Å²) < 4.78 is 94.1. The fourth-order valence-electron chi connectivity index (χ4n) is 1.96. The molecule has 1 aromatic carbocycles. The molecule has 0 aromatic heterocycles. The maximum atomic E-state index is 12.8. The predicted octanol–water partition coefficient (Wildman–Crippen LogP) is 8.31. The number of urea groups is 1. The molecule has 3 N–H and O–H groups in total. The summed E-state index contributed by atoms with van der Waals surface area (Å²) in [7, 11) is 1.41. The lowest BCUT2D eigenvalue weighted by atomic mass is 10.1. The van der Waals surface area contributed by atoms with Gasteiger partial charge in [-0.3, -0.25) is 14.5 Å². The monoisotopic (exact) mass is 648 g/mol. The number of amides is 3. The van der Waals surface area contributed by atoms with Crippen molar-refractivity contribution in [2.45, 2.75) is 60.8 Å². The first kappa shape index (κ1) is 46.4. The molecule has 16 heteroatoms. The molecule has 0 aliphatic carbocycles. The maximum absolute atomic E-state index is 12.8. The molecule has 3 amide bonds. The zero-order valence-electron chi connectivity index (χ0n) is 25.7. The Morgan fingerprint density at radius 2 is 1.47 bits per heavy atom. The van der Waals surface area contributed by atoms with Crippen molar-refractivity contribution in [3.8, 4) is 0 Å². The Labute approximate surface area is 254 Å². The van der Waals surface area contributed by atoms with Crippen LogP contribution in [0.5, 0.6) is 0 Å². The van der Waals surface area contributed by atoms with Crippen LogP contribution in [-0.4, -0.2) is 56.3 Å². The van der Waals surface area contributed by atoms with Gasteiger partial charge >= 0.3 is 18.4 Å². The topological polar surface area (TPSA) is 98.2 Å². The molecule has 43 heavy (non-hydrogen) atoms.